The summed E-state index contributed by atoms with van der Waals surface area (Å²) in [5.41, 5.74) is 3.67. The molecule has 3 unspecified atom stereocenters. The van der Waals surface area contributed by atoms with Crippen LogP contribution < -0.4 is 0 Å². The van der Waals surface area contributed by atoms with Crippen molar-refractivity contribution in [3.05, 3.63) is 138 Å². The van der Waals surface area contributed by atoms with E-state index in [1.54, 1.807) is 4.90 Å². The lowest BCUT2D eigenvalue weighted by Crippen LogP contribution is -2.43. The summed E-state index contributed by atoms with van der Waals surface area (Å²) in [5, 5.41) is 33.1. The Morgan fingerprint density at radius 2 is 1.32 bits per heavy atom. The number of carbonyl (C=O) groups is 3. The van der Waals surface area contributed by atoms with Gasteiger partial charge in [-0.25, -0.2) is 0 Å². The minimum absolute atomic E-state index is 0.0882. The smallest absolute Gasteiger partial charge is 0.307 e. The third-order valence-corrected chi connectivity index (χ3v) is 8.82. The fourth-order valence-electron chi connectivity index (χ4n) is 6.14. The highest BCUT2D eigenvalue weighted by atomic mass is 16.4. The highest BCUT2D eigenvalue weighted by molar-refractivity contribution is 5.86. The zero-order valence-electron chi connectivity index (χ0n) is 26.3. The molecule has 0 radical (unpaired) electrons. The molecule has 3 N–H and O–H groups in total. The molecule has 5 rings (SSSR count). The summed E-state index contributed by atoms with van der Waals surface area (Å²) < 4.78 is 0. The van der Waals surface area contributed by atoms with E-state index in [2.05, 4.69) is 42.5 Å². The van der Waals surface area contributed by atoms with Crippen molar-refractivity contribution in [1.29, 1.82) is 0 Å². The van der Waals surface area contributed by atoms with Crippen LogP contribution in [0.25, 0.3) is 27.6 Å². The number of benzene rings is 5. The van der Waals surface area contributed by atoms with E-state index < -0.39 is 42.6 Å². The number of amides is 1. The van der Waals surface area contributed by atoms with Crippen molar-refractivity contribution in [2.75, 3.05) is 0 Å². The van der Waals surface area contributed by atoms with Crippen molar-refractivity contribution in [2.24, 2.45) is 5.92 Å². The molecule has 0 bridgehead atoms. The lowest BCUT2D eigenvalue weighted by molar-refractivity contribution is -0.151. The number of aliphatic hydroxyl groups excluding tert-OH is 1. The molecule has 0 aliphatic heterocycles. The number of carboxylic acid groups (broad SMARTS) is 2. The van der Waals surface area contributed by atoms with Crippen molar-refractivity contribution in [3.63, 3.8) is 0 Å². The third-order valence-electron chi connectivity index (χ3n) is 8.82. The molecule has 47 heavy (non-hydrogen) atoms. The number of allylic oxidation sites excluding steroid dienone is 1. The van der Waals surface area contributed by atoms with E-state index in [0.29, 0.717) is 6.42 Å². The molecule has 0 heterocycles. The Hall–Kier alpha value is -5.27. The summed E-state index contributed by atoms with van der Waals surface area (Å²) in [7, 11) is 0. The van der Waals surface area contributed by atoms with Crippen LogP contribution in [0.15, 0.2) is 115 Å². The van der Waals surface area contributed by atoms with Gasteiger partial charge in [0.15, 0.2) is 0 Å². The second-order valence-corrected chi connectivity index (χ2v) is 12.0. The van der Waals surface area contributed by atoms with Crippen LogP contribution in [0.5, 0.6) is 0 Å². The van der Waals surface area contributed by atoms with Gasteiger partial charge in [0.1, 0.15) is 0 Å². The number of hydrogen-bond acceptors (Lipinski definition) is 4. The standard InChI is InChI=1S/C40H39NO6/c1-27(37(33-19-14-29(26-42)15-20-33)12-6-7-28-13-17-31-8-2-4-10-34(31)21-28)41(38(43)23-36(40(46)47)24-39(44)45)25-30-16-18-32-9-3-5-11-35(32)22-30/h2-11,13-22,27,36-37,42H,12,23-26H2,1H3,(H,44,45)(H,46,47)/b7-6+. The van der Waals surface area contributed by atoms with Gasteiger partial charge in [0.25, 0.3) is 0 Å². The first kappa shape index (κ1) is 33.1. The molecule has 7 heteroatoms. The second-order valence-electron chi connectivity index (χ2n) is 12.0. The maximum atomic E-state index is 14.0. The summed E-state index contributed by atoms with van der Waals surface area (Å²) in [5.74, 6) is -4.53. The maximum Gasteiger partial charge on any atom is 0.307 e. The van der Waals surface area contributed by atoms with Gasteiger partial charge in [-0.1, -0.05) is 109 Å². The Morgan fingerprint density at radius 3 is 1.94 bits per heavy atom. The summed E-state index contributed by atoms with van der Waals surface area (Å²) >= 11 is 0. The third kappa shape index (κ3) is 8.51. The zero-order valence-corrected chi connectivity index (χ0v) is 26.3. The van der Waals surface area contributed by atoms with E-state index in [1.165, 1.54) is 0 Å². The number of fused-ring (bicyclic) bond motifs is 2. The molecule has 5 aromatic carbocycles. The molecule has 0 aromatic heterocycles. The van der Waals surface area contributed by atoms with Crippen molar-refractivity contribution >= 4 is 45.5 Å². The Kier molecular flexibility index (Phi) is 10.8. The molecule has 7 nitrogen and oxygen atoms in total. The fourth-order valence-corrected chi connectivity index (χ4v) is 6.14. The molecule has 0 aliphatic rings. The minimum atomic E-state index is -1.35. The van der Waals surface area contributed by atoms with Gasteiger partial charge in [0.05, 0.1) is 18.9 Å². The topological polar surface area (TPSA) is 115 Å². The molecule has 0 spiro atoms. The largest absolute Gasteiger partial charge is 0.481 e. The van der Waals surface area contributed by atoms with E-state index in [9.17, 15) is 29.7 Å². The zero-order chi connectivity index (χ0) is 33.3. The van der Waals surface area contributed by atoms with E-state index in [1.807, 2.05) is 85.8 Å². The van der Waals surface area contributed by atoms with Crippen LogP contribution >= 0.6 is 0 Å². The molecular formula is C40H39NO6. The average molecular weight is 630 g/mol. The van der Waals surface area contributed by atoms with E-state index >= 15 is 0 Å². The van der Waals surface area contributed by atoms with E-state index in [4.69, 9.17) is 0 Å². The predicted octanol–water partition coefficient (Wildman–Crippen LogP) is 7.66. The van der Waals surface area contributed by atoms with Crippen LogP contribution in [-0.2, 0) is 27.5 Å². The molecule has 240 valence electrons. The summed E-state index contributed by atoms with van der Waals surface area (Å²) in [4.78, 5) is 39.1. The van der Waals surface area contributed by atoms with Crippen LogP contribution in [-0.4, -0.2) is 44.1 Å². The van der Waals surface area contributed by atoms with Gasteiger partial charge >= 0.3 is 11.9 Å². The summed E-state index contributed by atoms with van der Waals surface area (Å²) in [6.45, 7) is 2.10. The first-order chi connectivity index (χ1) is 22.7. The van der Waals surface area contributed by atoms with Gasteiger partial charge in [0.2, 0.25) is 5.91 Å². The Labute approximate surface area is 274 Å². The number of aliphatic hydroxyl groups is 1. The predicted molar refractivity (Wildman–Crippen MR) is 185 cm³/mol. The molecule has 0 saturated carbocycles. The van der Waals surface area contributed by atoms with Crippen LogP contribution in [0, 0.1) is 5.92 Å². The summed E-state index contributed by atoms with van der Waals surface area (Å²) in [6.07, 6.45) is 3.67. The number of nitrogens with zero attached hydrogens (tertiary/aromatic N) is 1. The lowest BCUT2D eigenvalue weighted by Gasteiger charge is -2.36. The molecule has 0 saturated heterocycles. The number of rotatable bonds is 14. The molecule has 5 aromatic rings. The Balaban J connectivity index is 1.49. The highest BCUT2D eigenvalue weighted by Gasteiger charge is 2.32. The number of carbonyl (C=O) groups excluding carboxylic acids is 1. The maximum absolute atomic E-state index is 14.0. The Bertz CT molecular complexity index is 1900. The van der Waals surface area contributed by atoms with E-state index in [-0.39, 0.29) is 19.1 Å². The van der Waals surface area contributed by atoms with Crippen molar-refractivity contribution < 1.29 is 29.7 Å². The first-order valence-electron chi connectivity index (χ1n) is 15.8. The molecule has 3 atom stereocenters. The SMILES string of the molecule is CC(C(C/C=C/c1ccc2ccccc2c1)c1ccc(CO)cc1)N(Cc1ccc2ccccc2c1)C(=O)CC(CC(=O)O)C(=O)O. The number of hydrogen-bond donors (Lipinski definition) is 3. The number of carboxylic acids is 2. The molecule has 0 aliphatic carbocycles. The van der Waals surface area contributed by atoms with Gasteiger partial charge < -0.3 is 20.2 Å². The van der Waals surface area contributed by atoms with Crippen molar-refractivity contribution in [1.82, 2.24) is 4.90 Å². The Morgan fingerprint density at radius 1 is 0.723 bits per heavy atom. The van der Waals surface area contributed by atoms with Crippen molar-refractivity contribution in [2.45, 2.75) is 51.3 Å². The van der Waals surface area contributed by atoms with Gasteiger partial charge in [-0.05, 0) is 69.3 Å². The lowest BCUT2D eigenvalue weighted by atomic mass is 9.86. The number of aliphatic carboxylic acids is 2. The van der Waals surface area contributed by atoms with Gasteiger partial charge in [-0.15, -0.1) is 0 Å². The quantitative estimate of drug-likeness (QED) is 0.116. The monoisotopic (exact) mass is 629 g/mol. The minimum Gasteiger partial charge on any atom is -0.481 e. The van der Waals surface area contributed by atoms with E-state index in [0.717, 1.165) is 43.8 Å². The first-order valence-corrected chi connectivity index (χ1v) is 15.8. The van der Waals surface area contributed by atoms with Crippen molar-refractivity contribution in [3.8, 4) is 0 Å². The average Bonchev–Trinajstić information content (AvgIpc) is 3.08. The highest BCUT2D eigenvalue weighted by Crippen LogP contribution is 2.31. The van der Waals surface area contributed by atoms with Crippen LogP contribution in [0.1, 0.15) is 54.4 Å². The van der Waals surface area contributed by atoms with Gasteiger partial charge in [-0.3, -0.25) is 14.4 Å². The summed E-state index contributed by atoms with van der Waals surface area (Å²) in [6, 6.07) is 35.6. The van der Waals surface area contributed by atoms with Gasteiger partial charge in [0, 0.05) is 24.9 Å². The molecular weight excluding hydrogens is 590 g/mol. The fraction of sp³-hybridized carbons (Fsp3) is 0.225. The molecule has 1 amide bonds. The van der Waals surface area contributed by atoms with Crippen LogP contribution in [0.2, 0.25) is 0 Å². The second kappa shape index (κ2) is 15.3. The normalized spacial score (nSPS) is 13.4. The molecule has 0 fully saturated rings. The van der Waals surface area contributed by atoms with Gasteiger partial charge in [-0.2, -0.15) is 0 Å². The van der Waals surface area contributed by atoms with Crippen LogP contribution in [0.3, 0.4) is 0 Å². The van der Waals surface area contributed by atoms with Crippen LogP contribution in [0.4, 0.5) is 0 Å².